The Kier molecular flexibility index (Phi) is 4.50. The lowest BCUT2D eigenvalue weighted by atomic mass is 10.0. The minimum atomic E-state index is -0.332. The molecule has 1 aromatic carbocycles. The molecule has 0 amide bonds. The SMILES string of the molecule is COC(=O)Cc1nc2cnc3ccc(C#N)cc3c2n1[C@@H]1CCO[C@H](C)C1. The second-order valence-electron chi connectivity index (χ2n) is 6.85. The molecule has 0 saturated carbocycles. The summed E-state index contributed by atoms with van der Waals surface area (Å²) in [6, 6.07) is 7.79. The molecule has 2 atom stereocenters. The summed E-state index contributed by atoms with van der Waals surface area (Å²) in [7, 11) is 1.38. The molecule has 1 aliphatic rings. The molecule has 7 heteroatoms. The average Bonchev–Trinajstić information content (AvgIpc) is 3.05. The Labute approximate surface area is 156 Å². The molecular formula is C20H20N4O3. The fourth-order valence-corrected chi connectivity index (χ4v) is 3.82. The van der Waals surface area contributed by atoms with E-state index in [0.29, 0.717) is 18.0 Å². The van der Waals surface area contributed by atoms with E-state index in [4.69, 9.17) is 9.47 Å². The molecule has 3 aromatic rings. The predicted octanol–water partition coefficient (Wildman–Crippen LogP) is 2.91. The number of imidazole rings is 1. The van der Waals surface area contributed by atoms with Gasteiger partial charge in [-0.1, -0.05) is 0 Å². The van der Waals surface area contributed by atoms with Crippen molar-refractivity contribution in [2.45, 2.75) is 38.3 Å². The molecule has 138 valence electrons. The second-order valence-corrected chi connectivity index (χ2v) is 6.85. The van der Waals surface area contributed by atoms with Gasteiger partial charge in [0.25, 0.3) is 0 Å². The molecule has 3 heterocycles. The smallest absolute Gasteiger partial charge is 0.313 e. The largest absolute Gasteiger partial charge is 0.469 e. The van der Waals surface area contributed by atoms with Crippen LogP contribution < -0.4 is 0 Å². The summed E-state index contributed by atoms with van der Waals surface area (Å²) in [5.41, 5.74) is 3.00. The number of methoxy groups -OCH3 is 1. The molecule has 7 nitrogen and oxygen atoms in total. The summed E-state index contributed by atoms with van der Waals surface area (Å²) in [6.45, 7) is 2.72. The van der Waals surface area contributed by atoms with Gasteiger partial charge in [0.2, 0.25) is 0 Å². The number of hydrogen-bond acceptors (Lipinski definition) is 6. The fraction of sp³-hybridized carbons (Fsp3) is 0.400. The van der Waals surface area contributed by atoms with Gasteiger partial charge in [0.05, 0.1) is 42.1 Å². The Morgan fingerprint density at radius 3 is 3.04 bits per heavy atom. The first kappa shape index (κ1) is 17.4. The van der Waals surface area contributed by atoms with E-state index in [1.165, 1.54) is 7.11 Å². The van der Waals surface area contributed by atoms with E-state index in [2.05, 4.69) is 27.5 Å². The van der Waals surface area contributed by atoms with Gasteiger partial charge in [0.15, 0.2) is 0 Å². The number of ether oxygens (including phenoxy) is 2. The zero-order valence-corrected chi connectivity index (χ0v) is 15.3. The van der Waals surface area contributed by atoms with Gasteiger partial charge in [-0.25, -0.2) is 4.98 Å². The van der Waals surface area contributed by atoms with Crippen molar-refractivity contribution in [3.05, 3.63) is 35.8 Å². The molecule has 0 radical (unpaired) electrons. The standard InChI is InChI=1S/C20H20N4O3/c1-12-7-14(5-6-27-12)24-18(9-19(25)26-2)23-17-11-22-16-4-3-13(10-21)8-15(16)20(17)24/h3-4,8,11-12,14H,5-7,9H2,1-2H3/t12-,14-/m1/s1. The first-order chi connectivity index (χ1) is 13.1. The number of nitriles is 1. The first-order valence-corrected chi connectivity index (χ1v) is 8.98. The summed E-state index contributed by atoms with van der Waals surface area (Å²) < 4.78 is 12.7. The summed E-state index contributed by atoms with van der Waals surface area (Å²) in [5, 5.41) is 10.2. The van der Waals surface area contributed by atoms with Gasteiger partial charge in [-0.15, -0.1) is 0 Å². The van der Waals surface area contributed by atoms with Crippen LogP contribution in [0.15, 0.2) is 24.4 Å². The van der Waals surface area contributed by atoms with E-state index in [1.54, 1.807) is 12.3 Å². The third kappa shape index (κ3) is 3.13. The molecule has 1 fully saturated rings. The van der Waals surface area contributed by atoms with Crippen molar-refractivity contribution in [1.29, 1.82) is 5.26 Å². The van der Waals surface area contributed by atoms with Crippen molar-refractivity contribution < 1.29 is 14.3 Å². The molecule has 0 spiro atoms. The normalized spacial score (nSPS) is 19.9. The Balaban J connectivity index is 1.99. The van der Waals surface area contributed by atoms with Crippen LogP contribution in [0.1, 0.15) is 37.2 Å². The fourth-order valence-electron chi connectivity index (χ4n) is 3.82. The van der Waals surface area contributed by atoms with Crippen LogP contribution >= 0.6 is 0 Å². The maximum absolute atomic E-state index is 12.0. The minimum absolute atomic E-state index is 0.0936. The van der Waals surface area contributed by atoms with Crippen LogP contribution in [0.5, 0.6) is 0 Å². The lowest BCUT2D eigenvalue weighted by molar-refractivity contribution is -0.140. The van der Waals surface area contributed by atoms with Crippen molar-refractivity contribution >= 4 is 27.9 Å². The Morgan fingerprint density at radius 2 is 2.30 bits per heavy atom. The third-order valence-electron chi connectivity index (χ3n) is 5.07. The molecule has 0 unspecified atom stereocenters. The van der Waals surface area contributed by atoms with E-state index in [9.17, 15) is 10.1 Å². The maximum atomic E-state index is 12.0. The second kappa shape index (κ2) is 6.97. The number of hydrogen-bond donors (Lipinski definition) is 0. The van der Waals surface area contributed by atoms with E-state index in [-0.39, 0.29) is 24.5 Å². The summed E-state index contributed by atoms with van der Waals surface area (Å²) in [6.07, 6.45) is 3.63. The molecule has 0 aliphatic carbocycles. The minimum Gasteiger partial charge on any atom is -0.469 e. The molecule has 27 heavy (non-hydrogen) atoms. The molecule has 0 bridgehead atoms. The number of esters is 1. The summed E-state index contributed by atoms with van der Waals surface area (Å²) in [5.74, 6) is 0.328. The van der Waals surface area contributed by atoms with Gasteiger partial charge in [-0.3, -0.25) is 9.78 Å². The van der Waals surface area contributed by atoms with E-state index >= 15 is 0 Å². The molecule has 1 aliphatic heterocycles. The van der Waals surface area contributed by atoms with Gasteiger partial charge in [0, 0.05) is 18.0 Å². The first-order valence-electron chi connectivity index (χ1n) is 8.98. The number of benzene rings is 1. The lowest BCUT2D eigenvalue weighted by Gasteiger charge is -2.30. The van der Waals surface area contributed by atoms with Crippen molar-refractivity contribution in [3.63, 3.8) is 0 Å². The zero-order valence-electron chi connectivity index (χ0n) is 15.3. The topological polar surface area (TPSA) is 90.0 Å². The van der Waals surface area contributed by atoms with Crippen LogP contribution in [0, 0.1) is 11.3 Å². The van der Waals surface area contributed by atoms with Crippen LogP contribution in [-0.4, -0.2) is 40.3 Å². The average molecular weight is 364 g/mol. The molecular weight excluding hydrogens is 344 g/mol. The van der Waals surface area contributed by atoms with Gasteiger partial charge in [0.1, 0.15) is 17.8 Å². The number of carbonyl (C=O) groups is 1. The van der Waals surface area contributed by atoms with Gasteiger partial charge in [-0.2, -0.15) is 5.26 Å². The number of aromatic nitrogens is 3. The van der Waals surface area contributed by atoms with Crippen molar-refractivity contribution in [3.8, 4) is 6.07 Å². The third-order valence-corrected chi connectivity index (χ3v) is 5.07. The van der Waals surface area contributed by atoms with Crippen LogP contribution in [0.25, 0.3) is 21.9 Å². The predicted molar refractivity (Wildman–Crippen MR) is 99.2 cm³/mol. The number of pyridine rings is 1. The molecule has 1 saturated heterocycles. The van der Waals surface area contributed by atoms with Gasteiger partial charge in [-0.05, 0) is 38.0 Å². The molecule has 4 rings (SSSR count). The Hall–Kier alpha value is -2.98. The van der Waals surface area contributed by atoms with Gasteiger partial charge >= 0.3 is 5.97 Å². The molecule has 0 N–H and O–H groups in total. The highest BCUT2D eigenvalue weighted by molar-refractivity contribution is 6.03. The zero-order chi connectivity index (χ0) is 19.0. The highest BCUT2D eigenvalue weighted by atomic mass is 16.5. The summed E-state index contributed by atoms with van der Waals surface area (Å²) in [4.78, 5) is 21.1. The monoisotopic (exact) mass is 364 g/mol. The number of nitrogens with zero attached hydrogens (tertiary/aromatic N) is 4. The Bertz CT molecular complexity index is 1070. The number of rotatable bonds is 3. The lowest BCUT2D eigenvalue weighted by Crippen LogP contribution is -2.27. The highest BCUT2D eigenvalue weighted by Crippen LogP contribution is 2.34. The van der Waals surface area contributed by atoms with E-state index < -0.39 is 0 Å². The van der Waals surface area contributed by atoms with E-state index in [0.717, 1.165) is 34.8 Å². The number of carbonyl (C=O) groups excluding carboxylic acids is 1. The number of fused-ring (bicyclic) bond motifs is 3. The highest BCUT2D eigenvalue weighted by Gasteiger charge is 2.27. The van der Waals surface area contributed by atoms with Crippen molar-refractivity contribution in [1.82, 2.24) is 14.5 Å². The van der Waals surface area contributed by atoms with Crippen LogP contribution in [-0.2, 0) is 20.7 Å². The quantitative estimate of drug-likeness (QED) is 0.664. The van der Waals surface area contributed by atoms with Crippen LogP contribution in [0.3, 0.4) is 0 Å². The van der Waals surface area contributed by atoms with E-state index in [1.807, 2.05) is 12.1 Å². The van der Waals surface area contributed by atoms with Crippen molar-refractivity contribution in [2.24, 2.45) is 0 Å². The van der Waals surface area contributed by atoms with Crippen molar-refractivity contribution in [2.75, 3.05) is 13.7 Å². The Morgan fingerprint density at radius 1 is 1.44 bits per heavy atom. The maximum Gasteiger partial charge on any atom is 0.313 e. The van der Waals surface area contributed by atoms with Gasteiger partial charge < -0.3 is 14.0 Å². The van der Waals surface area contributed by atoms with Crippen LogP contribution in [0.2, 0.25) is 0 Å². The van der Waals surface area contributed by atoms with Crippen LogP contribution in [0.4, 0.5) is 0 Å². The molecule has 2 aromatic heterocycles. The summed E-state index contributed by atoms with van der Waals surface area (Å²) >= 11 is 0.